The lowest BCUT2D eigenvalue weighted by Crippen LogP contribution is -2.20. The maximum Gasteiger partial charge on any atom is 0.349 e. The summed E-state index contributed by atoms with van der Waals surface area (Å²) in [4.78, 5) is 29.1. The van der Waals surface area contributed by atoms with Crippen molar-refractivity contribution in [3.63, 3.8) is 0 Å². The molecule has 4 rings (SSSR count). The third kappa shape index (κ3) is 3.50. The highest BCUT2D eigenvalue weighted by Gasteiger charge is 2.13. The largest absolute Gasteiger partial charge is 0.422 e. The van der Waals surface area contributed by atoms with Crippen LogP contribution >= 0.6 is 11.3 Å². The minimum atomic E-state index is -0.736. The molecule has 0 N–H and O–H groups in total. The quantitative estimate of drug-likeness (QED) is 0.510. The summed E-state index contributed by atoms with van der Waals surface area (Å²) >= 11 is 1.23. The Kier molecular flexibility index (Phi) is 4.52. The molecule has 27 heavy (non-hydrogen) atoms. The van der Waals surface area contributed by atoms with Gasteiger partial charge in [0, 0.05) is 22.5 Å². The van der Waals surface area contributed by atoms with Gasteiger partial charge in [0.25, 0.3) is 5.91 Å². The summed E-state index contributed by atoms with van der Waals surface area (Å²) in [7, 11) is 0. The Balaban J connectivity index is 1.72. The van der Waals surface area contributed by atoms with Crippen LogP contribution in [-0.4, -0.2) is 10.5 Å². The van der Waals surface area contributed by atoms with Crippen LogP contribution in [-0.2, 0) is 6.54 Å². The molecular weight excluding hydrogens is 367 g/mol. The second kappa shape index (κ2) is 7.13. The van der Waals surface area contributed by atoms with Crippen LogP contribution in [0, 0.1) is 5.82 Å². The van der Waals surface area contributed by atoms with Crippen molar-refractivity contribution in [1.29, 1.82) is 0 Å². The number of aromatic nitrogens is 1. The van der Waals surface area contributed by atoms with E-state index in [1.807, 2.05) is 0 Å². The Bertz CT molecular complexity index is 1270. The number of hydrogen-bond acceptors (Lipinski definition) is 4. The Labute approximate surface area is 156 Å². The summed E-state index contributed by atoms with van der Waals surface area (Å²) in [6.07, 6.45) is 1.71. The van der Waals surface area contributed by atoms with Crippen LogP contribution < -0.4 is 10.4 Å². The summed E-state index contributed by atoms with van der Waals surface area (Å²) in [5.41, 5.74) is 0.0130. The molecule has 2 heterocycles. The third-order valence-corrected chi connectivity index (χ3v) is 4.82. The molecule has 0 saturated carbocycles. The molecule has 0 aliphatic carbocycles. The van der Waals surface area contributed by atoms with Crippen LogP contribution in [0.15, 0.2) is 80.4 Å². The van der Waals surface area contributed by atoms with Gasteiger partial charge in [0.15, 0.2) is 4.80 Å². The zero-order valence-electron chi connectivity index (χ0n) is 14.0. The van der Waals surface area contributed by atoms with E-state index in [1.165, 1.54) is 23.5 Å². The van der Waals surface area contributed by atoms with E-state index in [0.717, 1.165) is 0 Å². The van der Waals surface area contributed by atoms with E-state index in [1.54, 1.807) is 58.6 Å². The lowest BCUT2D eigenvalue weighted by Gasteiger charge is -2.04. The van der Waals surface area contributed by atoms with Gasteiger partial charge in [-0.1, -0.05) is 36.4 Å². The van der Waals surface area contributed by atoms with Gasteiger partial charge in [0.05, 0.1) is 6.54 Å². The second-order valence-corrected chi connectivity index (χ2v) is 6.68. The fourth-order valence-electron chi connectivity index (χ4n) is 2.68. The van der Waals surface area contributed by atoms with Crippen LogP contribution in [0.5, 0.6) is 0 Å². The molecule has 0 atom stereocenters. The van der Waals surface area contributed by atoms with Gasteiger partial charge in [0.1, 0.15) is 17.0 Å². The van der Waals surface area contributed by atoms with Gasteiger partial charge in [-0.25, -0.2) is 9.18 Å². The third-order valence-electron chi connectivity index (χ3n) is 4.03. The minimum Gasteiger partial charge on any atom is -0.422 e. The van der Waals surface area contributed by atoms with Crippen LogP contribution in [0.3, 0.4) is 0 Å². The van der Waals surface area contributed by atoms with E-state index >= 15 is 0 Å². The van der Waals surface area contributed by atoms with Crippen LogP contribution in [0.25, 0.3) is 11.0 Å². The zero-order valence-corrected chi connectivity index (χ0v) is 14.8. The smallest absolute Gasteiger partial charge is 0.349 e. The van der Waals surface area contributed by atoms with Crippen molar-refractivity contribution >= 4 is 28.2 Å². The van der Waals surface area contributed by atoms with Crippen LogP contribution in [0.1, 0.15) is 15.9 Å². The number of carbonyl (C=O) groups is 1. The van der Waals surface area contributed by atoms with Gasteiger partial charge in [-0.2, -0.15) is 4.99 Å². The van der Waals surface area contributed by atoms with Crippen molar-refractivity contribution in [1.82, 2.24) is 4.57 Å². The molecule has 0 spiro atoms. The number of halogens is 1. The first-order valence-electron chi connectivity index (χ1n) is 8.11. The number of fused-ring (bicyclic) bond motifs is 1. The van der Waals surface area contributed by atoms with Gasteiger partial charge < -0.3 is 8.98 Å². The van der Waals surface area contributed by atoms with Crippen molar-refractivity contribution in [3.05, 3.63) is 98.3 Å². The maximum atomic E-state index is 13.9. The van der Waals surface area contributed by atoms with Crippen LogP contribution in [0.2, 0.25) is 0 Å². The second-order valence-electron chi connectivity index (χ2n) is 5.81. The molecule has 0 radical (unpaired) electrons. The molecule has 134 valence electrons. The van der Waals surface area contributed by atoms with Gasteiger partial charge in [-0.15, -0.1) is 11.3 Å². The minimum absolute atomic E-state index is 0.139. The first-order chi connectivity index (χ1) is 13.1. The average Bonchev–Trinajstić information content (AvgIpc) is 3.09. The molecule has 0 saturated heterocycles. The lowest BCUT2D eigenvalue weighted by atomic mass is 10.2. The molecule has 0 aliphatic rings. The standard InChI is InChI=1S/C20H13FN2O3S/c21-16-7-3-1-6-14(16)12-23-9-10-27-20(23)22-18(24)15-11-13-5-2-4-8-17(13)26-19(15)25/h1-11H,12H2. The highest BCUT2D eigenvalue weighted by Crippen LogP contribution is 2.13. The lowest BCUT2D eigenvalue weighted by molar-refractivity contribution is 0.0994. The van der Waals surface area contributed by atoms with Crippen molar-refractivity contribution in [2.45, 2.75) is 6.54 Å². The van der Waals surface area contributed by atoms with E-state index in [2.05, 4.69) is 4.99 Å². The van der Waals surface area contributed by atoms with Gasteiger partial charge in [-0.05, 0) is 18.2 Å². The number of benzene rings is 2. The van der Waals surface area contributed by atoms with E-state index in [9.17, 15) is 14.0 Å². The number of thiazole rings is 1. The fraction of sp³-hybridized carbons (Fsp3) is 0.0500. The van der Waals surface area contributed by atoms with Crippen molar-refractivity contribution in [3.8, 4) is 0 Å². The molecule has 2 aromatic carbocycles. The zero-order chi connectivity index (χ0) is 18.8. The van der Waals surface area contributed by atoms with Crippen molar-refractivity contribution in [2.24, 2.45) is 4.99 Å². The van der Waals surface area contributed by atoms with Crippen LogP contribution in [0.4, 0.5) is 4.39 Å². The van der Waals surface area contributed by atoms with E-state index in [0.29, 0.717) is 21.3 Å². The van der Waals surface area contributed by atoms with E-state index < -0.39 is 11.5 Å². The normalized spacial score (nSPS) is 11.8. The Hall–Kier alpha value is -3.32. The predicted octanol–water partition coefficient (Wildman–Crippen LogP) is 3.58. The van der Waals surface area contributed by atoms with E-state index in [-0.39, 0.29) is 17.9 Å². The molecular formula is C20H13FN2O3S. The highest BCUT2D eigenvalue weighted by atomic mass is 32.1. The molecule has 1 amide bonds. The number of nitrogens with zero attached hydrogens (tertiary/aromatic N) is 2. The SMILES string of the molecule is O=C(N=c1sccn1Cc1ccccc1F)c1cc2ccccc2oc1=O. The Morgan fingerprint density at radius 1 is 1.15 bits per heavy atom. The Morgan fingerprint density at radius 2 is 1.93 bits per heavy atom. The van der Waals surface area contributed by atoms with Gasteiger partial charge >= 0.3 is 5.63 Å². The molecule has 0 bridgehead atoms. The number of amides is 1. The molecule has 0 aliphatic heterocycles. The van der Waals surface area contributed by atoms with Crippen molar-refractivity contribution in [2.75, 3.05) is 0 Å². The summed E-state index contributed by atoms with van der Waals surface area (Å²) in [6.45, 7) is 0.231. The van der Waals surface area contributed by atoms with E-state index in [4.69, 9.17) is 4.42 Å². The first kappa shape index (κ1) is 17.1. The average molecular weight is 380 g/mol. The fourth-order valence-corrected chi connectivity index (χ4v) is 3.40. The molecule has 2 aromatic heterocycles. The summed E-state index contributed by atoms with van der Waals surface area (Å²) < 4.78 is 20.7. The van der Waals surface area contributed by atoms with Crippen molar-refractivity contribution < 1.29 is 13.6 Å². The number of rotatable bonds is 3. The topological polar surface area (TPSA) is 64.6 Å². The number of carbonyl (C=O) groups excluding carboxylic acids is 1. The molecule has 7 heteroatoms. The summed E-state index contributed by atoms with van der Waals surface area (Å²) in [5.74, 6) is -1.03. The van der Waals surface area contributed by atoms with Gasteiger partial charge in [-0.3, -0.25) is 4.79 Å². The first-order valence-corrected chi connectivity index (χ1v) is 8.99. The number of para-hydroxylation sites is 1. The molecule has 0 unspecified atom stereocenters. The molecule has 4 aromatic rings. The highest BCUT2D eigenvalue weighted by molar-refractivity contribution is 7.07. The number of hydrogen-bond donors (Lipinski definition) is 0. The predicted molar refractivity (Wildman–Crippen MR) is 100 cm³/mol. The summed E-state index contributed by atoms with van der Waals surface area (Å²) in [6, 6.07) is 14.8. The maximum absolute atomic E-state index is 13.9. The summed E-state index contributed by atoms with van der Waals surface area (Å²) in [5, 5.41) is 2.39. The molecule has 5 nitrogen and oxygen atoms in total. The monoisotopic (exact) mass is 380 g/mol. The Morgan fingerprint density at radius 3 is 2.78 bits per heavy atom. The van der Waals surface area contributed by atoms with Gasteiger partial charge in [0.2, 0.25) is 0 Å². The molecule has 0 fully saturated rings.